The van der Waals surface area contributed by atoms with E-state index in [0.717, 1.165) is 6.42 Å². The molecule has 18 heavy (non-hydrogen) atoms. The van der Waals surface area contributed by atoms with Crippen LogP contribution in [0.25, 0.3) is 0 Å². The van der Waals surface area contributed by atoms with Crippen LogP contribution < -0.4 is 10.6 Å². The van der Waals surface area contributed by atoms with Crippen LogP contribution in [0.4, 0.5) is 0 Å². The van der Waals surface area contributed by atoms with Crippen molar-refractivity contribution in [3.63, 3.8) is 0 Å². The second-order valence-electron chi connectivity index (χ2n) is 4.63. The summed E-state index contributed by atoms with van der Waals surface area (Å²) in [6.07, 6.45) is 0.982. The summed E-state index contributed by atoms with van der Waals surface area (Å²) < 4.78 is 0. The first-order valence-electron chi connectivity index (χ1n) is 5.88. The molecule has 1 saturated heterocycles. The molecule has 1 aliphatic rings. The Balaban J connectivity index is 2.54. The van der Waals surface area contributed by atoms with Gasteiger partial charge in [-0.3, -0.25) is 9.59 Å². The average molecular weight is 258 g/mol. The molecule has 0 aromatic heterocycles. The average Bonchev–Trinajstić information content (AvgIpc) is 2.27. The minimum Gasteiger partial charge on any atom is -0.481 e. The van der Waals surface area contributed by atoms with Gasteiger partial charge in [-0.15, -0.1) is 0 Å². The summed E-state index contributed by atoms with van der Waals surface area (Å²) in [6.45, 7) is 2.73. The van der Waals surface area contributed by atoms with Crippen LogP contribution in [0.3, 0.4) is 0 Å². The minimum absolute atomic E-state index is 0.393. The molecular weight excluding hydrogens is 240 g/mol. The lowest BCUT2D eigenvalue weighted by atomic mass is 9.93. The lowest BCUT2D eigenvalue weighted by Gasteiger charge is -2.28. The Labute approximate surface area is 105 Å². The minimum atomic E-state index is -1.38. The van der Waals surface area contributed by atoms with E-state index in [1.807, 2.05) is 6.92 Å². The van der Waals surface area contributed by atoms with Gasteiger partial charge in [0.05, 0.1) is 12.5 Å². The number of carboxylic acid groups (broad SMARTS) is 2. The molecule has 102 valence electrons. The fourth-order valence-corrected chi connectivity index (χ4v) is 1.95. The van der Waals surface area contributed by atoms with Crippen molar-refractivity contribution >= 4 is 17.8 Å². The van der Waals surface area contributed by atoms with Crippen LogP contribution in [0, 0.1) is 5.92 Å². The molecule has 0 saturated carbocycles. The van der Waals surface area contributed by atoms with E-state index in [9.17, 15) is 14.4 Å². The van der Waals surface area contributed by atoms with E-state index in [1.165, 1.54) is 0 Å². The third-order valence-electron chi connectivity index (χ3n) is 2.98. The Bertz CT molecular complexity index is 344. The first kappa shape index (κ1) is 14.4. The number of piperidine rings is 1. The Morgan fingerprint density at radius 2 is 2.06 bits per heavy atom. The number of hydrogen-bond donors (Lipinski definition) is 4. The van der Waals surface area contributed by atoms with Crippen molar-refractivity contribution in [1.29, 1.82) is 0 Å². The number of aliphatic carboxylic acids is 2. The van der Waals surface area contributed by atoms with Crippen LogP contribution in [0.5, 0.6) is 0 Å². The molecule has 1 amide bonds. The molecule has 0 aromatic rings. The van der Waals surface area contributed by atoms with Gasteiger partial charge in [-0.25, -0.2) is 4.79 Å². The fraction of sp³-hybridized carbons (Fsp3) is 0.727. The molecule has 3 atom stereocenters. The number of hydrogen-bond acceptors (Lipinski definition) is 4. The van der Waals surface area contributed by atoms with Crippen LogP contribution in [0.2, 0.25) is 0 Å². The predicted molar refractivity (Wildman–Crippen MR) is 62.0 cm³/mol. The Morgan fingerprint density at radius 3 is 2.56 bits per heavy atom. The zero-order valence-corrected chi connectivity index (χ0v) is 10.2. The number of carbonyl (C=O) groups excluding carboxylic acids is 1. The first-order valence-corrected chi connectivity index (χ1v) is 5.88. The van der Waals surface area contributed by atoms with Gasteiger partial charge < -0.3 is 20.8 Å². The molecule has 0 aromatic carbocycles. The maximum atomic E-state index is 11.8. The van der Waals surface area contributed by atoms with Crippen LogP contribution in [0.1, 0.15) is 26.2 Å². The third kappa shape index (κ3) is 4.33. The van der Waals surface area contributed by atoms with Gasteiger partial charge in [0.2, 0.25) is 5.91 Å². The Morgan fingerprint density at radius 1 is 1.39 bits per heavy atom. The smallest absolute Gasteiger partial charge is 0.326 e. The van der Waals surface area contributed by atoms with Crippen LogP contribution in [0.15, 0.2) is 0 Å². The lowest BCUT2D eigenvalue weighted by Crippen LogP contribution is -2.53. The highest BCUT2D eigenvalue weighted by Crippen LogP contribution is 2.15. The molecule has 0 spiro atoms. The molecular formula is C11H18N2O5. The van der Waals surface area contributed by atoms with Crippen molar-refractivity contribution in [2.24, 2.45) is 5.92 Å². The van der Waals surface area contributed by atoms with E-state index < -0.39 is 36.4 Å². The zero-order valence-electron chi connectivity index (χ0n) is 10.2. The summed E-state index contributed by atoms with van der Waals surface area (Å²) in [7, 11) is 0. The van der Waals surface area contributed by atoms with Crippen molar-refractivity contribution in [1.82, 2.24) is 10.6 Å². The highest BCUT2D eigenvalue weighted by atomic mass is 16.4. The second kappa shape index (κ2) is 6.34. The van der Waals surface area contributed by atoms with E-state index in [1.54, 1.807) is 0 Å². The Hall–Kier alpha value is -1.63. The number of carboxylic acids is 2. The lowest BCUT2D eigenvalue weighted by molar-refractivity contribution is -0.147. The molecule has 4 N–H and O–H groups in total. The summed E-state index contributed by atoms with van der Waals surface area (Å²) in [5.74, 6) is -2.65. The molecule has 0 bridgehead atoms. The SMILES string of the molecule is CC1CCNC(C(=O)NC(CC(=O)O)C(=O)O)C1. The molecule has 1 aliphatic heterocycles. The second-order valence-corrected chi connectivity index (χ2v) is 4.63. The molecule has 3 unspecified atom stereocenters. The van der Waals surface area contributed by atoms with Crippen molar-refractivity contribution in [2.45, 2.75) is 38.3 Å². The van der Waals surface area contributed by atoms with E-state index in [4.69, 9.17) is 10.2 Å². The summed E-state index contributed by atoms with van der Waals surface area (Å²) in [5.41, 5.74) is 0. The summed E-state index contributed by atoms with van der Waals surface area (Å²) in [5, 5.41) is 22.6. The predicted octanol–water partition coefficient (Wildman–Crippen LogP) is -0.581. The summed E-state index contributed by atoms with van der Waals surface area (Å²) in [6, 6.07) is -1.82. The van der Waals surface area contributed by atoms with Gasteiger partial charge in [-0.1, -0.05) is 6.92 Å². The summed E-state index contributed by atoms with van der Waals surface area (Å²) >= 11 is 0. The van der Waals surface area contributed by atoms with Gasteiger partial charge in [0.15, 0.2) is 0 Å². The molecule has 0 radical (unpaired) electrons. The third-order valence-corrected chi connectivity index (χ3v) is 2.98. The largest absolute Gasteiger partial charge is 0.481 e. The van der Waals surface area contributed by atoms with E-state index in [2.05, 4.69) is 10.6 Å². The van der Waals surface area contributed by atoms with E-state index >= 15 is 0 Å². The molecule has 7 nitrogen and oxygen atoms in total. The van der Waals surface area contributed by atoms with Gasteiger partial charge in [0, 0.05) is 0 Å². The van der Waals surface area contributed by atoms with Crippen molar-refractivity contribution < 1.29 is 24.6 Å². The maximum Gasteiger partial charge on any atom is 0.326 e. The monoisotopic (exact) mass is 258 g/mol. The van der Waals surface area contributed by atoms with Crippen LogP contribution in [-0.2, 0) is 14.4 Å². The number of amides is 1. The molecule has 7 heteroatoms. The van der Waals surface area contributed by atoms with Crippen molar-refractivity contribution in [3.05, 3.63) is 0 Å². The number of nitrogens with one attached hydrogen (secondary N) is 2. The van der Waals surface area contributed by atoms with Gasteiger partial charge in [0.25, 0.3) is 0 Å². The number of rotatable bonds is 5. The molecule has 1 heterocycles. The van der Waals surface area contributed by atoms with E-state index in [-0.39, 0.29) is 0 Å². The Kier molecular flexibility index (Phi) is 5.08. The van der Waals surface area contributed by atoms with Gasteiger partial charge in [-0.2, -0.15) is 0 Å². The van der Waals surface area contributed by atoms with Gasteiger partial charge in [0.1, 0.15) is 6.04 Å². The topological polar surface area (TPSA) is 116 Å². The standard InChI is InChI=1S/C11H18N2O5/c1-6-2-3-12-7(4-6)10(16)13-8(11(17)18)5-9(14)15/h6-8,12H,2-5H2,1H3,(H,13,16)(H,14,15)(H,17,18). The molecule has 0 aliphatic carbocycles. The van der Waals surface area contributed by atoms with Crippen molar-refractivity contribution in [2.75, 3.05) is 6.54 Å². The fourth-order valence-electron chi connectivity index (χ4n) is 1.95. The normalized spacial score (nSPS) is 25.2. The molecule has 1 fully saturated rings. The highest BCUT2D eigenvalue weighted by molar-refractivity contribution is 5.89. The van der Waals surface area contributed by atoms with E-state index in [0.29, 0.717) is 18.9 Å². The van der Waals surface area contributed by atoms with Crippen LogP contribution in [-0.4, -0.2) is 46.7 Å². The zero-order chi connectivity index (χ0) is 13.7. The van der Waals surface area contributed by atoms with Gasteiger partial charge >= 0.3 is 11.9 Å². The quantitative estimate of drug-likeness (QED) is 0.524. The van der Waals surface area contributed by atoms with Gasteiger partial charge in [-0.05, 0) is 25.3 Å². The first-order chi connectivity index (χ1) is 8.40. The highest BCUT2D eigenvalue weighted by Gasteiger charge is 2.29. The maximum absolute atomic E-state index is 11.8. The summed E-state index contributed by atoms with van der Waals surface area (Å²) in [4.78, 5) is 33.1. The molecule has 1 rings (SSSR count). The van der Waals surface area contributed by atoms with Crippen molar-refractivity contribution in [3.8, 4) is 0 Å². The number of carbonyl (C=O) groups is 3. The van der Waals surface area contributed by atoms with Crippen LogP contribution >= 0.6 is 0 Å².